The number of nitrogens with one attached hydrogen (secondary N) is 1. The topological polar surface area (TPSA) is 88.0 Å². The van der Waals surface area contributed by atoms with Gasteiger partial charge < -0.3 is 14.5 Å². The molecule has 0 saturated heterocycles. The van der Waals surface area contributed by atoms with Crippen LogP contribution in [-0.4, -0.2) is 29.4 Å². The third kappa shape index (κ3) is 3.96. The molecule has 0 fully saturated rings. The van der Waals surface area contributed by atoms with Gasteiger partial charge in [-0.05, 0) is 38.3 Å². The first-order chi connectivity index (χ1) is 11.5. The van der Waals surface area contributed by atoms with Crippen LogP contribution in [0.1, 0.15) is 25.0 Å². The van der Waals surface area contributed by atoms with Crippen LogP contribution >= 0.6 is 11.8 Å². The zero-order chi connectivity index (χ0) is 17.7. The highest BCUT2D eigenvalue weighted by Gasteiger charge is 2.15. The number of rotatable bonds is 6. The zero-order valence-electron chi connectivity index (χ0n) is 14.0. The van der Waals surface area contributed by atoms with Gasteiger partial charge in [-0.2, -0.15) is 5.26 Å². The number of aromatic nitrogens is 2. The molecule has 0 bridgehead atoms. The summed E-state index contributed by atoms with van der Waals surface area (Å²) in [6, 6.07) is 7.38. The minimum Gasteiger partial charge on any atom is -0.491 e. The third-order valence-corrected chi connectivity index (χ3v) is 3.78. The van der Waals surface area contributed by atoms with Crippen molar-refractivity contribution in [3.8, 4) is 23.1 Å². The summed E-state index contributed by atoms with van der Waals surface area (Å²) in [5.74, 6) is 0.712. The highest BCUT2D eigenvalue weighted by atomic mass is 32.2. The highest BCUT2D eigenvalue weighted by Crippen LogP contribution is 2.28. The first-order valence-electron chi connectivity index (χ1n) is 7.37. The van der Waals surface area contributed by atoms with Gasteiger partial charge in [0.15, 0.2) is 5.16 Å². The molecule has 24 heavy (non-hydrogen) atoms. The average Bonchev–Trinajstić information content (AvgIpc) is 2.55. The van der Waals surface area contributed by atoms with Crippen LogP contribution in [-0.2, 0) is 11.3 Å². The van der Waals surface area contributed by atoms with Gasteiger partial charge in [0, 0.05) is 18.2 Å². The van der Waals surface area contributed by atoms with Gasteiger partial charge in [0.2, 0.25) is 0 Å². The van der Waals surface area contributed by atoms with Gasteiger partial charge in [0.25, 0.3) is 5.56 Å². The van der Waals surface area contributed by atoms with E-state index in [1.54, 1.807) is 13.2 Å². The maximum atomic E-state index is 12.1. The fourth-order valence-corrected chi connectivity index (χ4v) is 2.60. The van der Waals surface area contributed by atoms with E-state index < -0.39 is 5.56 Å². The van der Waals surface area contributed by atoms with Crippen molar-refractivity contribution >= 4 is 11.8 Å². The molecule has 7 heteroatoms. The molecule has 126 valence electrons. The molecular weight excluding hydrogens is 326 g/mol. The van der Waals surface area contributed by atoms with E-state index in [2.05, 4.69) is 9.97 Å². The van der Waals surface area contributed by atoms with E-state index in [0.29, 0.717) is 28.8 Å². The zero-order valence-corrected chi connectivity index (χ0v) is 14.9. The molecule has 2 rings (SSSR count). The Hall–Kier alpha value is -2.30. The monoisotopic (exact) mass is 345 g/mol. The van der Waals surface area contributed by atoms with Crippen LogP contribution in [0.3, 0.4) is 0 Å². The summed E-state index contributed by atoms with van der Waals surface area (Å²) >= 11 is 1.31. The van der Waals surface area contributed by atoms with E-state index in [4.69, 9.17) is 9.47 Å². The Kier molecular flexibility index (Phi) is 6.01. The Morgan fingerprint density at radius 2 is 2.17 bits per heavy atom. The van der Waals surface area contributed by atoms with Crippen LogP contribution in [0.2, 0.25) is 0 Å². The van der Waals surface area contributed by atoms with Crippen LogP contribution in [0.4, 0.5) is 0 Å². The fourth-order valence-electron chi connectivity index (χ4n) is 2.23. The van der Waals surface area contributed by atoms with Crippen molar-refractivity contribution in [3.63, 3.8) is 0 Å². The number of methoxy groups -OCH3 is 1. The molecule has 0 radical (unpaired) electrons. The largest absolute Gasteiger partial charge is 0.491 e. The van der Waals surface area contributed by atoms with Crippen molar-refractivity contribution in [1.29, 1.82) is 5.26 Å². The van der Waals surface area contributed by atoms with Crippen molar-refractivity contribution in [3.05, 3.63) is 39.7 Å². The lowest BCUT2D eigenvalue weighted by molar-refractivity contribution is 0.175. The molecular formula is C17H19N3O3S. The molecule has 1 aromatic carbocycles. The predicted molar refractivity (Wildman–Crippen MR) is 93.3 cm³/mol. The molecule has 6 nitrogen and oxygen atoms in total. The van der Waals surface area contributed by atoms with Crippen molar-refractivity contribution in [1.82, 2.24) is 9.97 Å². The first-order valence-corrected chi connectivity index (χ1v) is 8.60. The third-order valence-electron chi connectivity index (χ3n) is 3.20. The summed E-state index contributed by atoms with van der Waals surface area (Å²) < 4.78 is 11.0. The van der Waals surface area contributed by atoms with Gasteiger partial charge in [-0.3, -0.25) is 4.79 Å². The molecule has 0 atom stereocenters. The summed E-state index contributed by atoms with van der Waals surface area (Å²) in [5.41, 5.74) is 1.42. The SMILES string of the molecule is COCc1cc(-c2nc(SC)[nH]c(=O)c2C#N)ccc1OC(C)C. The molecule has 1 heterocycles. The molecule has 1 N–H and O–H groups in total. The molecule has 0 aliphatic heterocycles. The average molecular weight is 345 g/mol. The number of aromatic amines is 1. The number of thioether (sulfide) groups is 1. The molecule has 0 saturated carbocycles. The molecule has 0 aliphatic carbocycles. The summed E-state index contributed by atoms with van der Waals surface area (Å²) in [6.45, 7) is 4.25. The smallest absolute Gasteiger partial charge is 0.270 e. The summed E-state index contributed by atoms with van der Waals surface area (Å²) in [6.07, 6.45) is 1.84. The summed E-state index contributed by atoms with van der Waals surface area (Å²) in [5, 5.41) is 9.77. The van der Waals surface area contributed by atoms with Crippen LogP contribution in [0, 0.1) is 11.3 Å². The Bertz CT molecular complexity index is 825. The number of nitriles is 1. The quantitative estimate of drug-likeness (QED) is 0.640. The summed E-state index contributed by atoms with van der Waals surface area (Å²) in [7, 11) is 1.60. The van der Waals surface area contributed by atoms with Crippen molar-refractivity contribution in [2.24, 2.45) is 0 Å². The number of benzene rings is 1. The first kappa shape index (κ1) is 18.0. The minimum atomic E-state index is -0.442. The normalized spacial score (nSPS) is 10.7. The second-order valence-electron chi connectivity index (χ2n) is 5.33. The second-order valence-corrected chi connectivity index (χ2v) is 6.13. The predicted octanol–water partition coefficient (Wildman–Crippen LogP) is 2.96. The van der Waals surface area contributed by atoms with E-state index in [9.17, 15) is 10.1 Å². The molecule has 0 unspecified atom stereocenters. The number of ether oxygens (including phenoxy) is 2. The van der Waals surface area contributed by atoms with Crippen LogP contribution in [0.25, 0.3) is 11.3 Å². The standard InChI is InChI=1S/C17H19N3O3S/c1-10(2)23-14-6-5-11(7-12(14)9-22-3)15-13(8-18)16(21)20-17(19-15)24-4/h5-7,10H,9H2,1-4H3,(H,19,20,21). The lowest BCUT2D eigenvalue weighted by Gasteiger charge is -2.15. The van der Waals surface area contributed by atoms with Crippen molar-refractivity contribution in [2.75, 3.05) is 13.4 Å². The molecule has 0 spiro atoms. The van der Waals surface area contributed by atoms with Crippen molar-refractivity contribution < 1.29 is 9.47 Å². The summed E-state index contributed by atoms with van der Waals surface area (Å²) in [4.78, 5) is 19.0. The van der Waals surface area contributed by atoms with Crippen molar-refractivity contribution in [2.45, 2.75) is 31.7 Å². The lowest BCUT2D eigenvalue weighted by Crippen LogP contribution is -2.14. The van der Waals surface area contributed by atoms with E-state index in [0.717, 1.165) is 5.56 Å². The van der Waals surface area contributed by atoms with E-state index >= 15 is 0 Å². The number of nitrogens with zero attached hydrogens (tertiary/aromatic N) is 2. The molecule has 0 amide bonds. The lowest BCUT2D eigenvalue weighted by atomic mass is 10.0. The van der Waals surface area contributed by atoms with E-state index in [1.165, 1.54) is 11.8 Å². The van der Waals surface area contributed by atoms with E-state index in [1.807, 2.05) is 38.3 Å². The van der Waals surface area contributed by atoms with Gasteiger partial charge in [-0.25, -0.2) is 4.98 Å². The van der Waals surface area contributed by atoms with Gasteiger partial charge in [0.05, 0.1) is 18.4 Å². The number of hydrogen-bond acceptors (Lipinski definition) is 6. The van der Waals surface area contributed by atoms with Gasteiger partial charge in [-0.1, -0.05) is 11.8 Å². The highest BCUT2D eigenvalue weighted by molar-refractivity contribution is 7.98. The van der Waals surface area contributed by atoms with Crippen LogP contribution < -0.4 is 10.3 Å². The number of H-pyrrole nitrogens is 1. The Morgan fingerprint density at radius 3 is 2.75 bits per heavy atom. The minimum absolute atomic E-state index is 0.00584. The molecule has 1 aromatic heterocycles. The Morgan fingerprint density at radius 1 is 1.42 bits per heavy atom. The van der Waals surface area contributed by atoms with Crippen LogP contribution in [0.5, 0.6) is 5.75 Å². The van der Waals surface area contributed by atoms with E-state index in [-0.39, 0.29) is 11.7 Å². The maximum Gasteiger partial charge on any atom is 0.270 e. The van der Waals surface area contributed by atoms with Crippen LogP contribution in [0.15, 0.2) is 28.2 Å². The molecule has 0 aliphatic rings. The van der Waals surface area contributed by atoms with Gasteiger partial charge in [0.1, 0.15) is 17.4 Å². The Labute approximate surface area is 144 Å². The maximum absolute atomic E-state index is 12.1. The fraction of sp³-hybridized carbons (Fsp3) is 0.353. The Balaban J connectivity index is 2.61. The van der Waals surface area contributed by atoms with Gasteiger partial charge >= 0.3 is 0 Å². The molecule has 2 aromatic rings. The second kappa shape index (κ2) is 7.99. The van der Waals surface area contributed by atoms with Gasteiger partial charge in [-0.15, -0.1) is 0 Å². The number of hydrogen-bond donors (Lipinski definition) is 1.